The van der Waals surface area contributed by atoms with E-state index in [2.05, 4.69) is 53.4 Å². The lowest BCUT2D eigenvalue weighted by Crippen LogP contribution is -2.29. The fourth-order valence-electron chi connectivity index (χ4n) is 2.70. The number of hydrogen-bond acceptors (Lipinski definition) is 4. The van der Waals surface area contributed by atoms with E-state index in [1.807, 2.05) is 18.2 Å². The molecule has 0 radical (unpaired) electrons. The van der Waals surface area contributed by atoms with E-state index in [9.17, 15) is 0 Å². The third kappa shape index (κ3) is 4.32. The van der Waals surface area contributed by atoms with Gasteiger partial charge in [0.1, 0.15) is 5.82 Å². The van der Waals surface area contributed by atoms with Crippen molar-refractivity contribution in [2.45, 2.75) is 26.4 Å². The quantitative estimate of drug-likeness (QED) is 0.692. The zero-order chi connectivity index (χ0) is 17.6. The monoisotopic (exact) mass is 336 g/mol. The third-order valence-corrected chi connectivity index (χ3v) is 4.03. The molecule has 0 spiro atoms. The zero-order valence-electron chi connectivity index (χ0n) is 14.9. The molecule has 3 aromatic rings. The summed E-state index contributed by atoms with van der Waals surface area (Å²) in [5.74, 6) is 0.888. The average molecular weight is 336 g/mol. The molecule has 5 heteroatoms. The van der Waals surface area contributed by atoms with E-state index in [0.717, 1.165) is 28.5 Å². The van der Waals surface area contributed by atoms with Gasteiger partial charge in [0.15, 0.2) is 0 Å². The van der Waals surface area contributed by atoms with Crippen molar-refractivity contribution in [3.63, 3.8) is 0 Å². The summed E-state index contributed by atoms with van der Waals surface area (Å²) in [6.07, 6.45) is 1.80. The molecule has 2 N–H and O–H groups in total. The topological polar surface area (TPSA) is 62.8 Å². The molecule has 0 aliphatic rings. The van der Waals surface area contributed by atoms with E-state index >= 15 is 0 Å². The highest BCUT2D eigenvalue weighted by Gasteiger charge is 2.15. The van der Waals surface area contributed by atoms with Crippen molar-refractivity contribution in [1.82, 2.24) is 20.3 Å². The number of nitrogens with one attached hydrogen (secondary N) is 2. The highest BCUT2D eigenvalue weighted by Crippen LogP contribution is 2.29. The summed E-state index contributed by atoms with van der Waals surface area (Å²) in [6.45, 7) is 5.49. The van der Waals surface area contributed by atoms with Gasteiger partial charge in [-0.3, -0.25) is 4.98 Å². The van der Waals surface area contributed by atoms with Gasteiger partial charge in [-0.05, 0) is 26.0 Å². The molecule has 0 amide bonds. The van der Waals surface area contributed by atoms with Gasteiger partial charge in [-0.15, -0.1) is 0 Å². The minimum absolute atomic E-state index is 0.260. The Hall–Kier alpha value is -2.50. The number of aromatic nitrogens is 3. The van der Waals surface area contributed by atoms with Crippen LogP contribution >= 0.6 is 0 Å². The first kappa shape index (κ1) is 17.3. The Balaban J connectivity index is 1.93. The maximum Gasteiger partial charge on any atom is 0.121 e. The van der Waals surface area contributed by atoms with Gasteiger partial charge in [-0.2, -0.15) is 0 Å². The molecule has 0 fully saturated rings. The van der Waals surface area contributed by atoms with E-state index in [-0.39, 0.29) is 6.04 Å². The number of pyridine rings is 1. The van der Waals surface area contributed by atoms with Crippen LogP contribution in [0.4, 0.5) is 0 Å². The molecule has 130 valence electrons. The van der Waals surface area contributed by atoms with Crippen molar-refractivity contribution in [3.8, 4) is 22.6 Å². The standard InChI is InChI=1S/C20H24N4O/c1-14-7-9-16(10-8-14)19-20(17-6-4-5-11-21-17)24-18(23-19)12-22-15(2)13-25-3/h4-11,15,22H,12-13H2,1-3H3,(H,23,24)/t15-/m0/s1. The van der Waals surface area contributed by atoms with E-state index in [0.29, 0.717) is 13.2 Å². The second-order valence-electron chi connectivity index (χ2n) is 6.23. The van der Waals surface area contributed by atoms with Crippen molar-refractivity contribution in [1.29, 1.82) is 0 Å². The van der Waals surface area contributed by atoms with Gasteiger partial charge >= 0.3 is 0 Å². The van der Waals surface area contributed by atoms with Gasteiger partial charge in [0.25, 0.3) is 0 Å². The number of imidazole rings is 1. The molecule has 1 aromatic carbocycles. The van der Waals surface area contributed by atoms with Crippen LogP contribution in [-0.4, -0.2) is 34.7 Å². The Morgan fingerprint density at radius 3 is 2.64 bits per heavy atom. The van der Waals surface area contributed by atoms with Crippen LogP contribution in [0.3, 0.4) is 0 Å². The van der Waals surface area contributed by atoms with Crippen molar-refractivity contribution in [3.05, 3.63) is 60.0 Å². The fourth-order valence-corrected chi connectivity index (χ4v) is 2.70. The summed E-state index contributed by atoms with van der Waals surface area (Å²) < 4.78 is 5.17. The lowest BCUT2D eigenvalue weighted by Gasteiger charge is -2.10. The first-order valence-electron chi connectivity index (χ1n) is 8.47. The number of rotatable bonds is 7. The van der Waals surface area contributed by atoms with Gasteiger partial charge in [-0.1, -0.05) is 35.9 Å². The molecule has 2 aromatic heterocycles. The molecule has 2 heterocycles. The molecule has 25 heavy (non-hydrogen) atoms. The molecule has 3 rings (SSSR count). The predicted molar refractivity (Wildman–Crippen MR) is 100 cm³/mol. The summed E-state index contributed by atoms with van der Waals surface area (Å²) in [5, 5.41) is 3.41. The van der Waals surface area contributed by atoms with Crippen LogP contribution in [0.5, 0.6) is 0 Å². The number of methoxy groups -OCH3 is 1. The zero-order valence-corrected chi connectivity index (χ0v) is 14.9. The van der Waals surface area contributed by atoms with Gasteiger partial charge in [-0.25, -0.2) is 4.98 Å². The Morgan fingerprint density at radius 1 is 1.16 bits per heavy atom. The molecule has 0 saturated carbocycles. The van der Waals surface area contributed by atoms with Crippen LogP contribution in [0.15, 0.2) is 48.7 Å². The summed E-state index contributed by atoms with van der Waals surface area (Å²) in [7, 11) is 1.71. The fraction of sp³-hybridized carbons (Fsp3) is 0.300. The SMILES string of the molecule is COC[C@H](C)NCc1nc(-c2ccc(C)cc2)c(-c2ccccn2)[nH]1. The second kappa shape index (κ2) is 8.05. The van der Waals surface area contributed by atoms with Crippen molar-refractivity contribution in [2.24, 2.45) is 0 Å². The maximum atomic E-state index is 5.17. The summed E-state index contributed by atoms with van der Waals surface area (Å²) in [6, 6.07) is 14.6. The Kier molecular flexibility index (Phi) is 5.58. The molecule has 0 saturated heterocycles. The number of benzene rings is 1. The van der Waals surface area contributed by atoms with Gasteiger partial charge in [0, 0.05) is 24.9 Å². The minimum atomic E-state index is 0.260. The smallest absolute Gasteiger partial charge is 0.121 e. The highest BCUT2D eigenvalue weighted by molar-refractivity contribution is 5.76. The first-order chi connectivity index (χ1) is 12.2. The largest absolute Gasteiger partial charge is 0.383 e. The third-order valence-electron chi connectivity index (χ3n) is 4.03. The van der Waals surface area contributed by atoms with Crippen LogP contribution < -0.4 is 5.32 Å². The average Bonchev–Trinajstić information content (AvgIpc) is 3.06. The molecule has 0 aliphatic heterocycles. The summed E-state index contributed by atoms with van der Waals surface area (Å²) in [4.78, 5) is 12.7. The number of nitrogens with zero attached hydrogens (tertiary/aromatic N) is 2. The van der Waals surface area contributed by atoms with E-state index in [4.69, 9.17) is 9.72 Å². The Labute approximate surface area is 148 Å². The van der Waals surface area contributed by atoms with Crippen molar-refractivity contribution >= 4 is 0 Å². The van der Waals surface area contributed by atoms with Gasteiger partial charge < -0.3 is 15.0 Å². The van der Waals surface area contributed by atoms with Crippen LogP contribution in [0.25, 0.3) is 22.6 Å². The van der Waals surface area contributed by atoms with Crippen LogP contribution in [-0.2, 0) is 11.3 Å². The van der Waals surface area contributed by atoms with Gasteiger partial charge in [0.05, 0.1) is 30.2 Å². The normalized spacial score (nSPS) is 12.3. The highest BCUT2D eigenvalue weighted by atomic mass is 16.5. The van der Waals surface area contributed by atoms with Crippen molar-refractivity contribution < 1.29 is 4.74 Å². The van der Waals surface area contributed by atoms with E-state index in [1.54, 1.807) is 13.3 Å². The number of hydrogen-bond donors (Lipinski definition) is 2. The molecule has 0 aliphatic carbocycles. The Morgan fingerprint density at radius 2 is 1.96 bits per heavy atom. The number of ether oxygens (including phenoxy) is 1. The molecular formula is C20H24N4O. The maximum absolute atomic E-state index is 5.17. The first-order valence-corrected chi connectivity index (χ1v) is 8.47. The second-order valence-corrected chi connectivity index (χ2v) is 6.23. The lowest BCUT2D eigenvalue weighted by atomic mass is 10.1. The summed E-state index contributed by atoms with van der Waals surface area (Å²) in [5.41, 5.74) is 5.07. The predicted octanol–water partition coefficient (Wildman–Crippen LogP) is 3.57. The summed E-state index contributed by atoms with van der Waals surface area (Å²) >= 11 is 0. The molecular weight excluding hydrogens is 312 g/mol. The molecule has 5 nitrogen and oxygen atoms in total. The number of aromatic amines is 1. The van der Waals surface area contributed by atoms with Crippen molar-refractivity contribution in [2.75, 3.05) is 13.7 Å². The van der Waals surface area contributed by atoms with Crippen LogP contribution in [0.2, 0.25) is 0 Å². The Bertz CT molecular complexity index is 796. The van der Waals surface area contributed by atoms with Crippen LogP contribution in [0, 0.1) is 6.92 Å². The van der Waals surface area contributed by atoms with Crippen LogP contribution in [0.1, 0.15) is 18.3 Å². The molecule has 0 unspecified atom stereocenters. The van der Waals surface area contributed by atoms with E-state index < -0.39 is 0 Å². The molecule has 0 bridgehead atoms. The number of aryl methyl sites for hydroxylation is 1. The number of H-pyrrole nitrogens is 1. The van der Waals surface area contributed by atoms with Gasteiger partial charge in [0.2, 0.25) is 0 Å². The van der Waals surface area contributed by atoms with E-state index in [1.165, 1.54) is 5.56 Å². The lowest BCUT2D eigenvalue weighted by molar-refractivity contribution is 0.171. The molecule has 1 atom stereocenters. The minimum Gasteiger partial charge on any atom is -0.383 e.